The molecule has 66 valence electrons. The van der Waals surface area contributed by atoms with Gasteiger partial charge in [-0.3, -0.25) is 4.79 Å². The van der Waals surface area contributed by atoms with Gasteiger partial charge in [0.2, 0.25) is 0 Å². The summed E-state index contributed by atoms with van der Waals surface area (Å²) >= 11 is 5.33. The molecule has 2 nitrogen and oxygen atoms in total. The molecule has 0 bridgehead atoms. The zero-order valence-electron chi connectivity index (χ0n) is 7.13. The van der Waals surface area contributed by atoms with E-state index in [1.54, 1.807) is 6.07 Å². The Hall–Kier alpha value is -0.760. The van der Waals surface area contributed by atoms with Gasteiger partial charge in [-0.1, -0.05) is 13.8 Å². The first-order valence-electron chi connectivity index (χ1n) is 3.87. The van der Waals surface area contributed by atoms with E-state index in [2.05, 4.69) is 13.8 Å². The molecule has 1 heterocycles. The maximum atomic E-state index is 10.8. The summed E-state index contributed by atoms with van der Waals surface area (Å²) in [5.74, 6) is 1.15. The molecule has 0 aliphatic heterocycles. The van der Waals surface area contributed by atoms with Gasteiger partial charge in [-0.05, 0) is 23.6 Å². The Balaban J connectivity index is 2.84. The van der Waals surface area contributed by atoms with Crippen LogP contribution >= 0.6 is 11.6 Å². The van der Waals surface area contributed by atoms with Crippen molar-refractivity contribution in [2.24, 2.45) is 5.92 Å². The highest BCUT2D eigenvalue weighted by Crippen LogP contribution is 2.16. The van der Waals surface area contributed by atoms with Crippen molar-refractivity contribution in [2.45, 2.75) is 20.3 Å². The van der Waals surface area contributed by atoms with E-state index in [-0.39, 0.29) is 0 Å². The Kier molecular flexibility index (Phi) is 2.93. The van der Waals surface area contributed by atoms with Gasteiger partial charge in [0.1, 0.15) is 5.76 Å². The number of hydrogen-bond acceptors (Lipinski definition) is 2. The minimum atomic E-state index is -0.445. The van der Waals surface area contributed by atoms with Crippen LogP contribution in [0.15, 0.2) is 16.7 Å². The predicted octanol–water partition coefficient (Wildman–Crippen LogP) is 2.86. The number of furan rings is 1. The Morgan fingerprint density at radius 1 is 1.67 bits per heavy atom. The van der Waals surface area contributed by atoms with Crippen LogP contribution in [0.25, 0.3) is 0 Å². The van der Waals surface area contributed by atoms with Crippen molar-refractivity contribution >= 4 is 16.8 Å². The number of hydrogen-bond donors (Lipinski definition) is 0. The van der Waals surface area contributed by atoms with Gasteiger partial charge in [0.25, 0.3) is 5.24 Å². The SMILES string of the molecule is CC(C)Cc1occc1C(=O)Cl. The molecule has 0 spiro atoms. The molecule has 0 amide bonds. The fourth-order valence-electron chi connectivity index (χ4n) is 1.04. The van der Waals surface area contributed by atoms with Crippen molar-refractivity contribution in [2.75, 3.05) is 0 Å². The summed E-state index contributed by atoms with van der Waals surface area (Å²) < 4.78 is 5.13. The molecule has 0 atom stereocenters. The first-order valence-corrected chi connectivity index (χ1v) is 4.25. The van der Waals surface area contributed by atoms with E-state index in [4.69, 9.17) is 16.0 Å². The van der Waals surface area contributed by atoms with E-state index in [1.807, 2.05) is 0 Å². The summed E-state index contributed by atoms with van der Waals surface area (Å²) in [6, 6.07) is 1.60. The van der Waals surface area contributed by atoms with Crippen LogP contribution in [0.1, 0.15) is 30.0 Å². The summed E-state index contributed by atoms with van der Waals surface area (Å²) in [5, 5.41) is -0.445. The summed E-state index contributed by atoms with van der Waals surface area (Å²) in [5.41, 5.74) is 0.491. The van der Waals surface area contributed by atoms with Crippen LogP contribution in [-0.2, 0) is 6.42 Å². The third-order valence-electron chi connectivity index (χ3n) is 1.55. The van der Waals surface area contributed by atoms with Crippen molar-refractivity contribution in [1.82, 2.24) is 0 Å². The monoisotopic (exact) mass is 186 g/mol. The smallest absolute Gasteiger partial charge is 0.255 e. The molecule has 0 unspecified atom stereocenters. The standard InChI is InChI=1S/C9H11ClO2/c1-6(2)5-8-7(9(10)11)3-4-12-8/h3-4,6H,5H2,1-2H3. The zero-order valence-corrected chi connectivity index (χ0v) is 7.89. The van der Waals surface area contributed by atoms with Crippen molar-refractivity contribution < 1.29 is 9.21 Å². The molecule has 0 aliphatic carbocycles. The average molecular weight is 187 g/mol. The maximum absolute atomic E-state index is 10.8. The first kappa shape index (κ1) is 9.33. The average Bonchev–Trinajstić information content (AvgIpc) is 2.33. The normalized spacial score (nSPS) is 10.7. The highest BCUT2D eigenvalue weighted by Gasteiger charge is 2.12. The van der Waals surface area contributed by atoms with Gasteiger partial charge >= 0.3 is 0 Å². The van der Waals surface area contributed by atoms with Gasteiger partial charge in [0.05, 0.1) is 11.8 Å². The van der Waals surface area contributed by atoms with E-state index in [9.17, 15) is 4.79 Å². The topological polar surface area (TPSA) is 30.2 Å². The van der Waals surface area contributed by atoms with Crippen LogP contribution in [0, 0.1) is 5.92 Å². The molecular formula is C9H11ClO2. The summed E-state index contributed by atoms with van der Waals surface area (Å²) in [6.07, 6.45) is 2.24. The fraction of sp³-hybridized carbons (Fsp3) is 0.444. The second kappa shape index (κ2) is 3.76. The summed E-state index contributed by atoms with van der Waals surface area (Å²) in [4.78, 5) is 10.8. The van der Waals surface area contributed by atoms with Crippen LogP contribution in [0.4, 0.5) is 0 Å². The molecule has 0 saturated carbocycles. The van der Waals surface area contributed by atoms with E-state index >= 15 is 0 Å². The molecule has 0 aliphatic rings. The van der Waals surface area contributed by atoms with Gasteiger partial charge < -0.3 is 4.42 Å². The van der Waals surface area contributed by atoms with Gasteiger partial charge in [-0.2, -0.15) is 0 Å². The Bertz CT molecular complexity index is 276. The van der Waals surface area contributed by atoms with E-state index in [0.29, 0.717) is 17.2 Å². The van der Waals surface area contributed by atoms with Crippen LogP contribution in [-0.4, -0.2) is 5.24 Å². The quantitative estimate of drug-likeness (QED) is 0.680. The lowest BCUT2D eigenvalue weighted by molar-refractivity contribution is 0.107. The van der Waals surface area contributed by atoms with Gasteiger partial charge in [-0.15, -0.1) is 0 Å². The van der Waals surface area contributed by atoms with Crippen molar-refractivity contribution in [3.8, 4) is 0 Å². The molecule has 0 saturated heterocycles. The highest BCUT2D eigenvalue weighted by molar-refractivity contribution is 6.67. The summed E-state index contributed by atoms with van der Waals surface area (Å²) in [7, 11) is 0. The minimum Gasteiger partial charge on any atom is -0.469 e. The lowest BCUT2D eigenvalue weighted by Crippen LogP contribution is -1.98. The molecule has 12 heavy (non-hydrogen) atoms. The van der Waals surface area contributed by atoms with Crippen LogP contribution in [0.3, 0.4) is 0 Å². The third-order valence-corrected chi connectivity index (χ3v) is 1.75. The maximum Gasteiger partial charge on any atom is 0.255 e. The number of carbonyl (C=O) groups excluding carboxylic acids is 1. The first-order chi connectivity index (χ1) is 5.61. The van der Waals surface area contributed by atoms with Crippen LogP contribution in [0.2, 0.25) is 0 Å². The largest absolute Gasteiger partial charge is 0.469 e. The molecule has 0 fully saturated rings. The summed E-state index contributed by atoms with van der Waals surface area (Å²) in [6.45, 7) is 4.12. The molecule has 1 aromatic heterocycles. The Morgan fingerprint density at radius 2 is 2.33 bits per heavy atom. The molecule has 1 rings (SSSR count). The molecule has 0 aromatic carbocycles. The lowest BCUT2D eigenvalue weighted by Gasteiger charge is -2.01. The second-order valence-electron chi connectivity index (χ2n) is 3.13. The molecule has 1 aromatic rings. The van der Waals surface area contributed by atoms with Crippen LogP contribution in [0.5, 0.6) is 0 Å². The Labute approximate surface area is 76.5 Å². The second-order valence-corrected chi connectivity index (χ2v) is 3.47. The fourth-order valence-corrected chi connectivity index (χ4v) is 1.21. The van der Waals surface area contributed by atoms with E-state index in [0.717, 1.165) is 6.42 Å². The predicted molar refractivity (Wildman–Crippen MR) is 47.4 cm³/mol. The molecular weight excluding hydrogens is 176 g/mol. The highest BCUT2D eigenvalue weighted by atomic mass is 35.5. The third kappa shape index (κ3) is 2.11. The number of rotatable bonds is 3. The number of carbonyl (C=O) groups is 1. The van der Waals surface area contributed by atoms with E-state index < -0.39 is 5.24 Å². The van der Waals surface area contributed by atoms with Crippen molar-refractivity contribution in [3.05, 3.63) is 23.7 Å². The number of halogens is 1. The van der Waals surface area contributed by atoms with Gasteiger partial charge in [0.15, 0.2) is 0 Å². The van der Waals surface area contributed by atoms with E-state index in [1.165, 1.54) is 6.26 Å². The van der Waals surface area contributed by atoms with Crippen molar-refractivity contribution in [1.29, 1.82) is 0 Å². The van der Waals surface area contributed by atoms with Gasteiger partial charge in [0, 0.05) is 6.42 Å². The van der Waals surface area contributed by atoms with Crippen LogP contribution < -0.4 is 0 Å². The minimum absolute atomic E-state index is 0.445. The Morgan fingerprint density at radius 3 is 2.83 bits per heavy atom. The van der Waals surface area contributed by atoms with Crippen molar-refractivity contribution in [3.63, 3.8) is 0 Å². The molecule has 3 heteroatoms. The van der Waals surface area contributed by atoms with Gasteiger partial charge in [-0.25, -0.2) is 0 Å². The zero-order chi connectivity index (χ0) is 9.14. The molecule has 0 N–H and O–H groups in total. The molecule has 0 radical (unpaired) electrons. The lowest BCUT2D eigenvalue weighted by atomic mass is 10.1.